The molecule has 0 aliphatic heterocycles. The van der Waals surface area contributed by atoms with Crippen LogP contribution in [-0.4, -0.2) is 15.0 Å². The molecule has 14 heavy (non-hydrogen) atoms. The first-order valence-electron chi connectivity index (χ1n) is 4.35. The first-order chi connectivity index (χ1) is 6.72. The number of nitrogen functional groups attached to an aromatic ring is 1. The first-order valence-corrected chi connectivity index (χ1v) is 4.35. The third kappa shape index (κ3) is 1.22. The lowest BCUT2D eigenvalue weighted by atomic mass is 10.3. The molecular formula is C9H10N4O. The van der Waals surface area contributed by atoms with Gasteiger partial charge in [-0.05, 0) is 6.07 Å². The molecule has 0 saturated carbocycles. The average Bonchev–Trinajstić information content (AvgIpc) is 2.19. The number of fused-ring (bicyclic) bond motifs is 1. The Balaban J connectivity index is 2.91. The maximum absolute atomic E-state index is 11.5. The smallest absolute Gasteiger partial charge is 0.258 e. The normalized spacial score (nSPS) is 10.6. The fourth-order valence-corrected chi connectivity index (χ4v) is 1.30. The molecule has 0 aliphatic carbocycles. The van der Waals surface area contributed by atoms with Gasteiger partial charge < -0.3 is 10.7 Å². The summed E-state index contributed by atoms with van der Waals surface area (Å²) in [7, 11) is 0. The quantitative estimate of drug-likeness (QED) is 0.684. The van der Waals surface area contributed by atoms with Crippen LogP contribution in [0.5, 0.6) is 0 Å². The highest BCUT2D eigenvalue weighted by Crippen LogP contribution is 2.11. The van der Waals surface area contributed by atoms with Gasteiger partial charge in [-0.3, -0.25) is 4.79 Å². The number of pyridine rings is 1. The van der Waals surface area contributed by atoms with Crippen molar-refractivity contribution in [1.29, 1.82) is 0 Å². The molecule has 3 N–H and O–H groups in total. The summed E-state index contributed by atoms with van der Waals surface area (Å²) in [6.45, 7) is 1.91. The van der Waals surface area contributed by atoms with E-state index >= 15 is 0 Å². The number of aromatic amines is 1. The average molecular weight is 190 g/mol. The summed E-state index contributed by atoms with van der Waals surface area (Å²) in [4.78, 5) is 22.3. The van der Waals surface area contributed by atoms with Crippen molar-refractivity contribution in [2.75, 3.05) is 5.73 Å². The van der Waals surface area contributed by atoms with E-state index in [4.69, 9.17) is 5.73 Å². The Labute approximate surface area is 80.0 Å². The number of hydrogen-bond acceptors (Lipinski definition) is 4. The summed E-state index contributed by atoms with van der Waals surface area (Å²) in [6, 6.07) is 1.61. The zero-order chi connectivity index (χ0) is 10.1. The van der Waals surface area contributed by atoms with Gasteiger partial charge in [0.2, 0.25) is 0 Å². The van der Waals surface area contributed by atoms with E-state index in [1.165, 1.54) is 6.20 Å². The van der Waals surface area contributed by atoms with E-state index in [1.54, 1.807) is 6.07 Å². The van der Waals surface area contributed by atoms with Crippen LogP contribution in [0.15, 0.2) is 17.1 Å². The van der Waals surface area contributed by atoms with Crippen molar-refractivity contribution in [3.63, 3.8) is 0 Å². The molecule has 72 valence electrons. The third-order valence-electron chi connectivity index (χ3n) is 2.04. The van der Waals surface area contributed by atoms with Gasteiger partial charge in [-0.15, -0.1) is 0 Å². The van der Waals surface area contributed by atoms with Crippen molar-refractivity contribution in [2.24, 2.45) is 0 Å². The highest BCUT2D eigenvalue weighted by molar-refractivity contribution is 5.85. The van der Waals surface area contributed by atoms with Crippen molar-refractivity contribution in [1.82, 2.24) is 15.0 Å². The molecule has 0 bridgehead atoms. The predicted molar refractivity (Wildman–Crippen MR) is 53.9 cm³/mol. The number of rotatable bonds is 1. The SMILES string of the molecule is CCc1nc2c(N)nccc2c(=O)[nH]1. The lowest BCUT2D eigenvalue weighted by Gasteiger charge is -2.01. The Morgan fingerprint density at radius 1 is 1.57 bits per heavy atom. The summed E-state index contributed by atoms with van der Waals surface area (Å²) >= 11 is 0. The van der Waals surface area contributed by atoms with Gasteiger partial charge in [0, 0.05) is 12.6 Å². The minimum absolute atomic E-state index is 0.166. The second kappa shape index (κ2) is 3.10. The van der Waals surface area contributed by atoms with Crippen LogP contribution in [0.4, 0.5) is 5.82 Å². The van der Waals surface area contributed by atoms with Gasteiger partial charge in [0.1, 0.15) is 17.2 Å². The Kier molecular flexibility index (Phi) is 1.92. The molecular weight excluding hydrogens is 180 g/mol. The Hall–Kier alpha value is -1.91. The van der Waals surface area contributed by atoms with Crippen LogP contribution < -0.4 is 11.3 Å². The number of hydrogen-bond donors (Lipinski definition) is 2. The molecule has 0 fully saturated rings. The molecule has 2 aromatic rings. The number of aromatic nitrogens is 3. The summed E-state index contributed by atoms with van der Waals surface area (Å²) in [5.41, 5.74) is 5.94. The Morgan fingerprint density at radius 2 is 2.36 bits per heavy atom. The van der Waals surface area contributed by atoms with Gasteiger partial charge in [-0.2, -0.15) is 0 Å². The lowest BCUT2D eigenvalue weighted by Crippen LogP contribution is -2.12. The predicted octanol–water partition coefficient (Wildman–Crippen LogP) is 0.463. The van der Waals surface area contributed by atoms with E-state index < -0.39 is 0 Å². The summed E-state index contributed by atoms with van der Waals surface area (Å²) in [6.07, 6.45) is 2.17. The van der Waals surface area contributed by atoms with Crippen LogP contribution in [0, 0.1) is 0 Å². The van der Waals surface area contributed by atoms with Gasteiger partial charge in [-0.25, -0.2) is 9.97 Å². The summed E-state index contributed by atoms with van der Waals surface area (Å²) in [5, 5.41) is 0.481. The molecule has 0 amide bonds. The fourth-order valence-electron chi connectivity index (χ4n) is 1.30. The van der Waals surface area contributed by atoms with Crippen molar-refractivity contribution < 1.29 is 0 Å². The van der Waals surface area contributed by atoms with Gasteiger partial charge in [0.25, 0.3) is 5.56 Å². The van der Waals surface area contributed by atoms with E-state index in [9.17, 15) is 4.79 Å². The molecule has 0 saturated heterocycles. The van der Waals surface area contributed by atoms with E-state index in [0.29, 0.717) is 29.0 Å². The highest BCUT2D eigenvalue weighted by atomic mass is 16.1. The number of aryl methyl sites for hydroxylation is 1. The monoisotopic (exact) mass is 190 g/mol. The Bertz CT molecular complexity index is 532. The number of nitrogens with zero attached hydrogens (tertiary/aromatic N) is 2. The molecule has 0 aromatic carbocycles. The molecule has 0 aliphatic rings. The Morgan fingerprint density at radius 3 is 3.07 bits per heavy atom. The van der Waals surface area contributed by atoms with Gasteiger partial charge in [0.15, 0.2) is 0 Å². The molecule has 5 heteroatoms. The van der Waals surface area contributed by atoms with E-state index in [1.807, 2.05) is 6.92 Å². The van der Waals surface area contributed by atoms with E-state index in [0.717, 1.165) is 0 Å². The fraction of sp³-hybridized carbons (Fsp3) is 0.222. The molecule has 5 nitrogen and oxygen atoms in total. The second-order valence-electron chi connectivity index (χ2n) is 2.96. The molecule has 2 heterocycles. The molecule has 0 spiro atoms. The van der Waals surface area contributed by atoms with Crippen LogP contribution in [-0.2, 0) is 6.42 Å². The van der Waals surface area contributed by atoms with Gasteiger partial charge in [0.05, 0.1) is 5.39 Å². The van der Waals surface area contributed by atoms with Crippen molar-refractivity contribution in [3.8, 4) is 0 Å². The van der Waals surface area contributed by atoms with Crippen molar-refractivity contribution >= 4 is 16.7 Å². The second-order valence-corrected chi connectivity index (χ2v) is 2.96. The zero-order valence-corrected chi connectivity index (χ0v) is 7.74. The van der Waals surface area contributed by atoms with Gasteiger partial charge in [-0.1, -0.05) is 6.92 Å². The van der Waals surface area contributed by atoms with Crippen LogP contribution in [0.1, 0.15) is 12.7 Å². The summed E-state index contributed by atoms with van der Waals surface area (Å²) < 4.78 is 0. The van der Waals surface area contributed by atoms with Crippen LogP contribution >= 0.6 is 0 Å². The zero-order valence-electron chi connectivity index (χ0n) is 7.74. The largest absolute Gasteiger partial charge is 0.382 e. The molecule has 0 atom stereocenters. The summed E-state index contributed by atoms with van der Waals surface area (Å²) in [5.74, 6) is 0.922. The van der Waals surface area contributed by atoms with Crippen molar-refractivity contribution in [2.45, 2.75) is 13.3 Å². The minimum Gasteiger partial charge on any atom is -0.382 e. The minimum atomic E-state index is -0.166. The van der Waals surface area contributed by atoms with Gasteiger partial charge >= 0.3 is 0 Å². The van der Waals surface area contributed by atoms with E-state index in [2.05, 4.69) is 15.0 Å². The van der Waals surface area contributed by atoms with Crippen molar-refractivity contribution in [3.05, 3.63) is 28.4 Å². The molecule has 0 unspecified atom stereocenters. The van der Waals surface area contributed by atoms with Crippen LogP contribution in [0.3, 0.4) is 0 Å². The highest BCUT2D eigenvalue weighted by Gasteiger charge is 2.05. The van der Waals surface area contributed by atoms with Crippen LogP contribution in [0.25, 0.3) is 10.9 Å². The maximum atomic E-state index is 11.5. The molecule has 0 radical (unpaired) electrons. The standard InChI is InChI=1S/C9H10N4O/c1-2-6-12-7-5(9(14)13-6)3-4-11-8(7)10/h3-4H,2H2,1H3,(H2,10,11)(H,12,13,14). The first kappa shape index (κ1) is 8.68. The van der Waals surface area contributed by atoms with E-state index in [-0.39, 0.29) is 5.56 Å². The van der Waals surface area contributed by atoms with Crippen LogP contribution in [0.2, 0.25) is 0 Å². The number of H-pyrrole nitrogens is 1. The lowest BCUT2D eigenvalue weighted by molar-refractivity contribution is 0.943. The maximum Gasteiger partial charge on any atom is 0.258 e. The number of nitrogens with two attached hydrogens (primary N) is 1. The molecule has 2 rings (SSSR count). The molecule has 2 aromatic heterocycles. The third-order valence-corrected chi connectivity index (χ3v) is 2.04. The number of anilines is 1. The topological polar surface area (TPSA) is 84.7 Å². The number of nitrogens with one attached hydrogen (secondary N) is 1.